The minimum atomic E-state index is -0.299. The number of nitrogens with one attached hydrogen (secondary N) is 2. The van der Waals surface area contributed by atoms with Crippen molar-refractivity contribution in [1.82, 2.24) is 9.88 Å². The summed E-state index contributed by atoms with van der Waals surface area (Å²) in [4.78, 5) is 12.2. The average Bonchev–Trinajstić information content (AvgIpc) is 2.92. The molecule has 0 aliphatic heterocycles. The highest BCUT2D eigenvalue weighted by molar-refractivity contribution is 6.31. The summed E-state index contributed by atoms with van der Waals surface area (Å²) in [7, 11) is 0. The van der Waals surface area contributed by atoms with Gasteiger partial charge in [0.15, 0.2) is 0 Å². The highest BCUT2D eigenvalue weighted by Crippen LogP contribution is 2.23. The highest BCUT2D eigenvalue weighted by Gasteiger charge is 2.12. The first-order valence-corrected chi connectivity index (χ1v) is 8.98. The Morgan fingerprint density at radius 1 is 1.11 bits per heavy atom. The zero-order valence-electron chi connectivity index (χ0n) is 15.4. The monoisotopic (exact) mass is 385 g/mol. The van der Waals surface area contributed by atoms with Crippen LogP contribution in [0, 0.1) is 26.6 Å². The molecular weight excluding hydrogens is 365 g/mol. The van der Waals surface area contributed by atoms with Crippen LogP contribution in [0.2, 0.25) is 5.02 Å². The van der Waals surface area contributed by atoms with Gasteiger partial charge in [0.25, 0.3) is 0 Å². The number of carbonyl (C=O) groups excluding carboxylic acids is 1. The summed E-state index contributed by atoms with van der Waals surface area (Å²) in [6.07, 6.45) is 0. The van der Waals surface area contributed by atoms with E-state index in [0.717, 1.165) is 28.2 Å². The molecule has 0 unspecified atom stereocenters. The van der Waals surface area contributed by atoms with Gasteiger partial charge in [0.05, 0.1) is 0 Å². The topological polar surface area (TPSA) is 46.1 Å². The lowest BCUT2D eigenvalue weighted by Crippen LogP contribution is -2.28. The molecule has 1 aromatic heterocycles. The molecule has 0 radical (unpaired) electrons. The van der Waals surface area contributed by atoms with Crippen LogP contribution in [0.1, 0.15) is 22.5 Å². The number of hydrogen-bond acceptors (Lipinski definition) is 1. The van der Waals surface area contributed by atoms with E-state index in [4.69, 9.17) is 11.6 Å². The predicted molar refractivity (Wildman–Crippen MR) is 107 cm³/mol. The fraction of sp³-hybridized carbons (Fsp3) is 0.190. The Balaban J connectivity index is 1.71. The van der Waals surface area contributed by atoms with Crippen LogP contribution in [0.3, 0.4) is 0 Å². The van der Waals surface area contributed by atoms with Gasteiger partial charge in [-0.15, -0.1) is 0 Å². The van der Waals surface area contributed by atoms with E-state index in [0.29, 0.717) is 17.3 Å². The molecule has 2 aromatic carbocycles. The number of rotatable bonds is 4. The summed E-state index contributed by atoms with van der Waals surface area (Å²) in [5.74, 6) is -0.268. The summed E-state index contributed by atoms with van der Waals surface area (Å²) >= 11 is 6.08. The third-order valence-electron chi connectivity index (χ3n) is 4.58. The molecule has 3 aromatic rings. The summed E-state index contributed by atoms with van der Waals surface area (Å²) in [5, 5.41) is 6.29. The van der Waals surface area contributed by atoms with Crippen molar-refractivity contribution in [3.8, 4) is 5.69 Å². The molecule has 0 saturated heterocycles. The SMILES string of the molecule is Cc1c(Cl)cccc1NC(=O)NCc1cc(C)n(-c2ccc(F)cc2)c1C. The van der Waals surface area contributed by atoms with Gasteiger partial charge in [-0.3, -0.25) is 0 Å². The van der Waals surface area contributed by atoms with Crippen molar-refractivity contribution in [3.05, 3.63) is 81.9 Å². The maximum Gasteiger partial charge on any atom is 0.319 e. The van der Waals surface area contributed by atoms with Crippen LogP contribution in [0.5, 0.6) is 0 Å². The van der Waals surface area contributed by atoms with E-state index in [1.165, 1.54) is 12.1 Å². The van der Waals surface area contributed by atoms with Gasteiger partial charge in [-0.2, -0.15) is 0 Å². The van der Waals surface area contributed by atoms with Gasteiger partial charge in [0, 0.05) is 34.3 Å². The maximum absolute atomic E-state index is 13.2. The van der Waals surface area contributed by atoms with Gasteiger partial charge in [-0.25, -0.2) is 9.18 Å². The number of hydrogen-bond donors (Lipinski definition) is 2. The smallest absolute Gasteiger partial charge is 0.319 e. The Morgan fingerprint density at radius 3 is 2.52 bits per heavy atom. The number of urea groups is 1. The van der Waals surface area contributed by atoms with Crippen LogP contribution in [-0.2, 0) is 6.54 Å². The normalized spacial score (nSPS) is 10.7. The number of aryl methyl sites for hydroxylation is 1. The second kappa shape index (κ2) is 7.84. The summed E-state index contributed by atoms with van der Waals surface area (Å²) in [5.41, 5.74) is 5.40. The standard InChI is InChI=1S/C21H21ClFN3O/c1-13-11-16(15(3)26(13)18-9-7-17(23)8-10-18)12-24-21(27)25-20-6-4-5-19(22)14(20)2/h4-11H,12H2,1-3H3,(H2,24,25,27). The molecule has 4 nitrogen and oxygen atoms in total. The molecule has 0 aliphatic carbocycles. The van der Waals surface area contributed by atoms with Crippen molar-refractivity contribution in [1.29, 1.82) is 0 Å². The molecule has 6 heteroatoms. The zero-order chi connectivity index (χ0) is 19.6. The molecule has 2 N–H and O–H groups in total. The van der Waals surface area contributed by atoms with Crippen LogP contribution in [0.25, 0.3) is 5.69 Å². The number of amides is 2. The van der Waals surface area contributed by atoms with E-state index >= 15 is 0 Å². The maximum atomic E-state index is 13.2. The molecule has 140 valence electrons. The number of nitrogens with zero attached hydrogens (tertiary/aromatic N) is 1. The van der Waals surface area contributed by atoms with Gasteiger partial charge in [-0.1, -0.05) is 17.7 Å². The first-order chi connectivity index (χ1) is 12.9. The Labute approximate surface area is 163 Å². The Kier molecular flexibility index (Phi) is 5.51. The molecule has 0 aliphatic rings. The van der Waals surface area contributed by atoms with Crippen molar-refractivity contribution >= 4 is 23.3 Å². The van der Waals surface area contributed by atoms with Gasteiger partial charge >= 0.3 is 6.03 Å². The first kappa shape index (κ1) is 19.0. The quantitative estimate of drug-likeness (QED) is 0.610. The van der Waals surface area contributed by atoms with Crippen molar-refractivity contribution in [3.63, 3.8) is 0 Å². The van der Waals surface area contributed by atoms with Crippen molar-refractivity contribution in [2.45, 2.75) is 27.3 Å². The second-order valence-electron chi connectivity index (χ2n) is 6.43. The van der Waals surface area contributed by atoms with Crippen LogP contribution >= 0.6 is 11.6 Å². The minimum absolute atomic E-state index is 0.268. The summed E-state index contributed by atoms with van der Waals surface area (Å²) in [6.45, 7) is 6.20. The van der Waals surface area contributed by atoms with E-state index in [1.54, 1.807) is 30.3 Å². The van der Waals surface area contributed by atoms with Crippen LogP contribution in [0.15, 0.2) is 48.5 Å². The fourth-order valence-corrected chi connectivity index (χ4v) is 3.26. The first-order valence-electron chi connectivity index (χ1n) is 8.60. The molecule has 3 rings (SSSR count). The Morgan fingerprint density at radius 2 is 1.81 bits per heavy atom. The van der Waals surface area contributed by atoms with Crippen LogP contribution in [-0.4, -0.2) is 10.6 Å². The molecule has 27 heavy (non-hydrogen) atoms. The third-order valence-corrected chi connectivity index (χ3v) is 4.99. The lowest BCUT2D eigenvalue weighted by Gasteiger charge is -2.12. The lowest BCUT2D eigenvalue weighted by molar-refractivity contribution is 0.251. The Hall–Kier alpha value is -2.79. The molecule has 0 saturated carbocycles. The number of aromatic nitrogens is 1. The lowest BCUT2D eigenvalue weighted by atomic mass is 10.2. The van der Waals surface area contributed by atoms with Crippen molar-refractivity contribution in [2.24, 2.45) is 0 Å². The number of benzene rings is 2. The largest absolute Gasteiger partial charge is 0.334 e. The van der Waals surface area contributed by atoms with Crippen LogP contribution < -0.4 is 10.6 Å². The van der Waals surface area contributed by atoms with E-state index < -0.39 is 0 Å². The van der Waals surface area contributed by atoms with Gasteiger partial charge < -0.3 is 15.2 Å². The molecule has 1 heterocycles. The Bertz CT molecular complexity index is 980. The molecule has 0 atom stereocenters. The number of anilines is 1. The van der Waals surface area contributed by atoms with E-state index in [9.17, 15) is 9.18 Å². The molecular formula is C21H21ClFN3O. The van der Waals surface area contributed by atoms with Gasteiger partial charge in [0.1, 0.15) is 5.82 Å². The summed E-state index contributed by atoms with van der Waals surface area (Å²) in [6, 6.07) is 13.4. The highest BCUT2D eigenvalue weighted by atomic mass is 35.5. The number of halogens is 2. The van der Waals surface area contributed by atoms with E-state index in [1.807, 2.05) is 31.4 Å². The van der Waals surface area contributed by atoms with Crippen molar-refractivity contribution in [2.75, 3.05) is 5.32 Å². The predicted octanol–water partition coefficient (Wildman–Crippen LogP) is 5.52. The number of carbonyl (C=O) groups is 1. The van der Waals surface area contributed by atoms with Gasteiger partial charge in [-0.05, 0) is 74.4 Å². The van der Waals surface area contributed by atoms with E-state index in [-0.39, 0.29) is 11.8 Å². The summed E-state index contributed by atoms with van der Waals surface area (Å²) < 4.78 is 15.2. The molecule has 0 fully saturated rings. The van der Waals surface area contributed by atoms with Gasteiger partial charge in [0.2, 0.25) is 0 Å². The van der Waals surface area contributed by atoms with Crippen LogP contribution in [0.4, 0.5) is 14.9 Å². The van der Waals surface area contributed by atoms with Crippen molar-refractivity contribution < 1.29 is 9.18 Å². The zero-order valence-corrected chi connectivity index (χ0v) is 16.2. The third kappa shape index (κ3) is 4.14. The fourth-order valence-electron chi connectivity index (χ4n) is 3.08. The second-order valence-corrected chi connectivity index (χ2v) is 6.84. The minimum Gasteiger partial charge on any atom is -0.334 e. The molecule has 2 amide bonds. The molecule has 0 spiro atoms. The average molecular weight is 386 g/mol. The molecule has 0 bridgehead atoms. The van der Waals surface area contributed by atoms with E-state index in [2.05, 4.69) is 10.6 Å².